The third-order valence-electron chi connectivity index (χ3n) is 3.29. The van der Waals surface area contributed by atoms with E-state index in [0.717, 1.165) is 12.1 Å². The first-order chi connectivity index (χ1) is 8.57. The van der Waals surface area contributed by atoms with Crippen LogP contribution in [0.3, 0.4) is 0 Å². The van der Waals surface area contributed by atoms with Gasteiger partial charge in [0.25, 0.3) is 0 Å². The topological polar surface area (TPSA) is 69.6 Å². The molecule has 0 aromatic heterocycles. The largest absolute Gasteiger partial charge is 0.396 e. The smallest absolute Gasteiger partial charge is 0.243 e. The summed E-state index contributed by atoms with van der Waals surface area (Å²) in [6, 6.07) is 6.69. The van der Waals surface area contributed by atoms with Crippen molar-refractivity contribution in [1.29, 1.82) is 0 Å². The quantitative estimate of drug-likeness (QED) is 0.846. The van der Waals surface area contributed by atoms with E-state index in [9.17, 15) is 8.42 Å². The van der Waals surface area contributed by atoms with E-state index in [4.69, 9.17) is 5.11 Å². The number of nitrogens with one attached hydrogen (secondary N) is 1. The summed E-state index contributed by atoms with van der Waals surface area (Å²) in [4.78, 5) is 0.306. The lowest BCUT2D eigenvalue weighted by atomic mass is 10.1. The maximum atomic E-state index is 12.3. The van der Waals surface area contributed by atoms with Gasteiger partial charge in [-0.3, -0.25) is 0 Å². The van der Waals surface area contributed by atoms with Crippen LogP contribution >= 0.6 is 0 Å². The van der Waals surface area contributed by atoms with Gasteiger partial charge in [-0.1, -0.05) is 0 Å². The molecule has 1 aliphatic rings. The van der Waals surface area contributed by atoms with Gasteiger partial charge in [0.2, 0.25) is 10.0 Å². The Bertz CT molecular complexity index is 499. The SMILES string of the molecule is CNc1ccc(S(=O)(=O)N2CCC(CO)C2)cc1. The van der Waals surface area contributed by atoms with E-state index >= 15 is 0 Å². The standard InChI is InChI=1S/C12H18N2O3S/c1-13-11-2-4-12(5-3-11)18(16,17)14-7-6-10(8-14)9-15/h2-5,10,13,15H,6-9H2,1H3. The lowest BCUT2D eigenvalue weighted by Crippen LogP contribution is -2.29. The minimum atomic E-state index is -3.41. The van der Waals surface area contributed by atoms with Crippen LogP contribution < -0.4 is 5.32 Å². The first-order valence-electron chi connectivity index (χ1n) is 5.96. The highest BCUT2D eigenvalue weighted by Crippen LogP contribution is 2.24. The Hall–Kier alpha value is -1.11. The molecule has 2 rings (SSSR count). The molecule has 1 heterocycles. The van der Waals surface area contributed by atoms with Crippen molar-refractivity contribution >= 4 is 15.7 Å². The molecule has 2 N–H and O–H groups in total. The predicted octanol–water partition coefficient (Wildman–Crippen LogP) is 0.731. The molecule has 1 fully saturated rings. The first-order valence-corrected chi connectivity index (χ1v) is 7.40. The van der Waals surface area contributed by atoms with Crippen molar-refractivity contribution in [3.05, 3.63) is 24.3 Å². The fourth-order valence-electron chi connectivity index (χ4n) is 2.11. The van der Waals surface area contributed by atoms with Crippen LogP contribution in [0.5, 0.6) is 0 Å². The van der Waals surface area contributed by atoms with Crippen molar-refractivity contribution in [3.8, 4) is 0 Å². The maximum Gasteiger partial charge on any atom is 0.243 e. The Morgan fingerprint density at radius 2 is 2.06 bits per heavy atom. The fraction of sp³-hybridized carbons (Fsp3) is 0.500. The van der Waals surface area contributed by atoms with Gasteiger partial charge in [-0.2, -0.15) is 4.31 Å². The molecule has 0 aliphatic carbocycles. The van der Waals surface area contributed by atoms with Gasteiger partial charge < -0.3 is 10.4 Å². The van der Waals surface area contributed by atoms with Crippen molar-refractivity contribution in [1.82, 2.24) is 4.31 Å². The third kappa shape index (κ3) is 2.50. The summed E-state index contributed by atoms with van der Waals surface area (Å²) in [5.74, 6) is 0.0661. The molecule has 6 heteroatoms. The molecule has 18 heavy (non-hydrogen) atoms. The normalized spacial score (nSPS) is 21.1. The number of rotatable bonds is 4. The van der Waals surface area contributed by atoms with Crippen LogP contribution in [0.15, 0.2) is 29.2 Å². The van der Waals surface area contributed by atoms with Crippen LogP contribution in [0.2, 0.25) is 0 Å². The molecule has 1 aliphatic heterocycles. The van der Waals surface area contributed by atoms with Crippen LogP contribution in [0.1, 0.15) is 6.42 Å². The van der Waals surface area contributed by atoms with E-state index in [1.54, 1.807) is 31.3 Å². The summed E-state index contributed by atoms with van der Waals surface area (Å²) in [5.41, 5.74) is 0.878. The summed E-state index contributed by atoms with van der Waals surface area (Å²) in [6.45, 7) is 0.943. The molecule has 1 unspecified atom stereocenters. The number of aliphatic hydroxyl groups is 1. The van der Waals surface area contributed by atoms with Gasteiger partial charge in [0.05, 0.1) is 4.90 Å². The lowest BCUT2D eigenvalue weighted by Gasteiger charge is -2.16. The van der Waals surface area contributed by atoms with Crippen molar-refractivity contribution in [3.63, 3.8) is 0 Å². The predicted molar refractivity (Wildman–Crippen MR) is 69.9 cm³/mol. The molecule has 0 saturated carbocycles. The molecular formula is C12H18N2O3S. The Labute approximate surface area is 107 Å². The lowest BCUT2D eigenvalue weighted by molar-refractivity contribution is 0.233. The average Bonchev–Trinajstić information content (AvgIpc) is 2.88. The average molecular weight is 270 g/mol. The number of hydrogen-bond donors (Lipinski definition) is 2. The molecule has 1 aromatic rings. The van der Waals surface area contributed by atoms with Gasteiger partial charge in [-0.25, -0.2) is 8.42 Å². The number of aliphatic hydroxyl groups excluding tert-OH is 1. The summed E-state index contributed by atoms with van der Waals surface area (Å²) in [5, 5.41) is 12.0. The van der Waals surface area contributed by atoms with Crippen LogP contribution in [0.4, 0.5) is 5.69 Å². The molecule has 100 valence electrons. The van der Waals surface area contributed by atoms with E-state index in [0.29, 0.717) is 18.0 Å². The molecule has 0 spiro atoms. The number of sulfonamides is 1. The summed E-state index contributed by atoms with van der Waals surface area (Å²) in [7, 11) is -1.62. The molecule has 5 nitrogen and oxygen atoms in total. The summed E-state index contributed by atoms with van der Waals surface area (Å²) < 4.78 is 26.1. The van der Waals surface area contributed by atoms with Crippen LogP contribution in [-0.2, 0) is 10.0 Å². The number of anilines is 1. The highest BCUT2D eigenvalue weighted by atomic mass is 32.2. The number of benzene rings is 1. The maximum absolute atomic E-state index is 12.3. The van der Waals surface area contributed by atoms with Crippen LogP contribution in [0, 0.1) is 5.92 Å². The van der Waals surface area contributed by atoms with Gasteiger partial charge in [-0.05, 0) is 36.6 Å². The monoisotopic (exact) mass is 270 g/mol. The van der Waals surface area contributed by atoms with Crippen LogP contribution in [-0.4, -0.2) is 44.6 Å². The Balaban J connectivity index is 2.20. The zero-order chi connectivity index (χ0) is 13.2. The van der Waals surface area contributed by atoms with E-state index in [1.807, 2.05) is 0 Å². The Morgan fingerprint density at radius 1 is 1.39 bits per heavy atom. The molecule has 0 amide bonds. The van der Waals surface area contributed by atoms with Crippen molar-refractivity contribution in [2.24, 2.45) is 5.92 Å². The number of hydrogen-bond acceptors (Lipinski definition) is 4. The summed E-state index contributed by atoms with van der Waals surface area (Å²) in [6.07, 6.45) is 0.727. The first kappa shape index (κ1) is 13.3. The Kier molecular flexibility index (Phi) is 3.89. The molecule has 1 saturated heterocycles. The minimum absolute atomic E-state index is 0.0463. The van der Waals surface area contributed by atoms with Crippen LogP contribution in [0.25, 0.3) is 0 Å². The van der Waals surface area contributed by atoms with Gasteiger partial charge in [0.1, 0.15) is 0 Å². The number of nitrogens with zero attached hydrogens (tertiary/aromatic N) is 1. The van der Waals surface area contributed by atoms with Crippen molar-refractivity contribution in [2.75, 3.05) is 32.1 Å². The van der Waals surface area contributed by atoms with Crippen molar-refractivity contribution in [2.45, 2.75) is 11.3 Å². The zero-order valence-corrected chi connectivity index (χ0v) is 11.2. The second kappa shape index (κ2) is 5.26. The molecule has 1 aromatic carbocycles. The molecule has 0 radical (unpaired) electrons. The third-order valence-corrected chi connectivity index (χ3v) is 5.17. The van der Waals surface area contributed by atoms with Crippen molar-refractivity contribution < 1.29 is 13.5 Å². The van der Waals surface area contributed by atoms with Gasteiger partial charge in [-0.15, -0.1) is 0 Å². The van der Waals surface area contributed by atoms with E-state index < -0.39 is 10.0 Å². The second-order valence-electron chi connectivity index (χ2n) is 4.47. The van der Waals surface area contributed by atoms with Gasteiger partial charge >= 0.3 is 0 Å². The van der Waals surface area contributed by atoms with E-state index in [1.165, 1.54) is 4.31 Å². The van der Waals surface area contributed by atoms with Gasteiger partial charge in [0.15, 0.2) is 0 Å². The molecular weight excluding hydrogens is 252 g/mol. The highest BCUT2D eigenvalue weighted by molar-refractivity contribution is 7.89. The fourth-order valence-corrected chi connectivity index (χ4v) is 3.64. The van der Waals surface area contributed by atoms with Gasteiger partial charge in [0, 0.05) is 32.4 Å². The van der Waals surface area contributed by atoms with E-state index in [-0.39, 0.29) is 12.5 Å². The minimum Gasteiger partial charge on any atom is -0.396 e. The Morgan fingerprint density at radius 3 is 2.56 bits per heavy atom. The highest BCUT2D eigenvalue weighted by Gasteiger charge is 2.31. The summed E-state index contributed by atoms with van der Waals surface area (Å²) >= 11 is 0. The zero-order valence-electron chi connectivity index (χ0n) is 10.3. The second-order valence-corrected chi connectivity index (χ2v) is 6.41. The molecule has 1 atom stereocenters. The van der Waals surface area contributed by atoms with E-state index in [2.05, 4.69) is 5.32 Å². The molecule has 0 bridgehead atoms.